The molecule has 2 unspecified atom stereocenters. The summed E-state index contributed by atoms with van der Waals surface area (Å²) in [6.07, 6.45) is -0.365. The number of benzene rings is 2. The van der Waals surface area contributed by atoms with E-state index in [2.05, 4.69) is 16.2 Å². The first-order valence-corrected chi connectivity index (χ1v) is 11.6. The number of carbonyl (C=O) groups is 2. The molecule has 3 N–H and O–H groups in total. The van der Waals surface area contributed by atoms with Gasteiger partial charge in [-0.05, 0) is 43.3 Å². The SMILES string of the molecule is CCOc1ccc(N2C(=O)C3CNNC3N=C2SCC(=O)Nc2ccc3c(c2)OCO3)cc1. The molecule has 0 bridgehead atoms. The van der Waals surface area contributed by atoms with Gasteiger partial charge >= 0.3 is 0 Å². The molecule has 3 heterocycles. The smallest absolute Gasteiger partial charge is 0.241 e. The van der Waals surface area contributed by atoms with Crippen LogP contribution in [0.5, 0.6) is 17.2 Å². The fourth-order valence-electron chi connectivity index (χ4n) is 3.77. The van der Waals surface area contributed by atoms with Crippen molar-refractivity contribution in [1.82, 2.24) is 10.9 Å². The number of carbonyl (C=O) groups excluding carboxylic acids is 2. The van der Waals surface area contributed by atoms with E-state index in [4.69, 9.17) is 19.2 Å². The standard InChI is InChI=1S/C22H23N5O5S/c1-2-30-15-6-4-14(5-7-15)27-21(29)16-10-23-26-20(16)25-22(27)33-11-19(28)24-13-3-8-17-18(9-13)32-12-31-17/h3-9,16,20,23,26H,2,10-12H2,1H3,(H,24,28). The number of thioether (sulfide) groups is 1. The maximum absolute atomic E-state index is 13.3. The highest BCUT2D eigenvalue weighted by molar-refractivity contribution is 8.14. The van der Waals surface area contributed by atoms with Crippen molar-refractivity contribution in [3.05, 3.63) is 42.5 Å². The number of nitrogens with zero attached hydrogens (tertiary/aromatic N) is 2. The predicted molar refractivity (Wildman–Crippen MR) is 125 cm³/mol. The molecular weight excluding hydrogens is 446 g/mol. The number of amides is 2. The summed E-state index contributed by atoms with van der Waals surface area (Å²) in [5.74, 6) is 1.44. The molecule has 2 amide bonds. The minimum absolute atomic E-state index is 0.0738. The van der Waals surface area contributed by atoms with Crippen LogP contribution in [0.1, 0.15) is 6.92 Å². The van der Waals surface area contributed by atoms with E-state index >= 15 is 0 Å². The fourth-order valence-corrected chi connectivity index (χ4v) is 4.61. The molecule has 0 saturated carbocycles. The summed E-state index contributed by atoms with van der Waals surface area (Å²) >= 11 is 1.21. The minimum Gasteiger partial charge on any atom is -0.494 e. The van der Waals surface area contributed by atoms with Gasteiger partial charge in [0.2, 0.25) is 18.6 Å². The summed E-state index contributed by atoms with van der Waals surface area (Å²) in [7, 11) is 0. The van der Waals surface area contributed by atoms with E-state index in [-0.39, 0.29) is 36.4 Å². The third-order valence-corrected chi connectivity index (χ3v) is 6.28. The van der Waals surface area contributed by atoms with E-state index in [1.54, 1.807) is 23.1 Å². The van der Waals surface area contributed by atoms with Crippen LogP contribution in [0.2, 0.25) is 0 Å². The number of fused-ring (bicyclic) bond motifs is 2. The van der Waals surface area contributed by atoms with E-state index in [0.717, 1.165) is 5.75 Å². The summed E-state index contributed by atoms with van der Waals surface area (Å²) in [5.41, 5.74) is 7.30. The molecule has 11 heteroatoms. The molecule has 2 atom stereocenters. The Labute approximate surface area is 194 Å². The third kappa shape index (κ3) is 4.47. The molecule has 172 valence electrons. The number of hydrogen-bond acceptors (Lipinski definition) is 9. The van der Waals surface area contributed by atoms with Crippen molar-refractivity contribution < 1.29 is 23.8 Å². The second-order valence-electron chi connectivity index (χ2n) is 7.49. The summed E-state index contributed by atoms with van der Waals surface area (Å²) in [6.45, 7) is 3.13. The zero-order valence-electron chi connectivity index (χ0n) is 17.9. The van der Waals surface area contributed by atoms with Crippen molar-refractivity contribution in [3.8, 4) is 17.2 Å². The zero-order valence-corrected chi connectivity index (χ0v) is 18.7. The van der Waals surface area contributed by atoms with Crippen molar-refractivity contribution in [2.75, 3.05) is 35.9 Å². The first kappa shape index (κ1) is 21.6. The zero-order chi connectivity index (χ0) is 22.8. The average Bonchev–Trinajstić information content (AvgIpc) is 3.48. The lowest BCUT2D eigenvalue weighted by Gasteiger charge is -2.32. The molecule has 3 aliphatic rings. The summed E-state index contributed by atoms with van der Waals surface area (Å²) in [4.78, 5) is 32.2. The van der Waals surface area contributed by atoms with Gasteiger partial charge in [0.1, 0.15) is 11.9 Å². The highest BCUT2D eigenvalue weighted by Crippen LogP contribution is 2.34. The Balaban J connectivity index is 1.30. The molecule has 3 aliphatic heterocycles. The number of anilines is 2. The van der Waals surface area contributed by atoms with Gasteiger partial charge in [0.25, 0.3) is 0 Å². The number of hydrogen-bond donors (Lipinski definition) is 3. The van der Waals surface area contributed by atoms with Crippen LogP contribution >= 0.6 is 11.8 Å². The van der Waals surface area contributed by atoms with Gasteiger partial charge in [-0.1, -0.05) is 11.8 Å². The summed E-state index contributed by atoms with van der Waals surface area (Å²) < 4.78 is 16.1. The number of hydrazine groups is 1. The van der Waals surface area contributed by atoms with E-state index in [0.29, 0.717) is 41.2 Å². The van der Waals surface area contributed by atoms with Crippen LogP contribution in [0.3, 0.4) is 0 Å². The molecule has 0 spiro atoms. The predicted octanol–water partition coefficient (Wildman–Crippen LogP) is 1.94. The normalized spacial score (nSPS) is 20.9. The lowest BCUT2D eigenvalue weighted by molar-refractivity contribution is -0.121. The Hall–Kier alpha value is -3.28. The van der Waals surface area contributed by atoms with Gasteiger partial charge in [-0.15, -0.1) is 0 Å². The first-order chi connectivity index (χ1) is 16.1. The van der Waals surface area contributed by atoms with E-state index in [9.17, 15) is 9.59 Å². The second-order valence-corrected chi connectivity index (χ2v) is 8.44. The first-order valence-electron chi connectivity index (χ1n) is 10.6. The molecule has 0 aliphatic carbocycles. The summed E-state index contributed by atoms with van der Waals surface area (Å²) in [6, 6.07) is 12.5. The van der Waals surface area contributed by atoms with Crippen molar-refractivity contribution >= 4 is 40.1 Å². The van der Waals surface area contributed by atoms with Crippen molar-refractivity contribution in [2.24, 2.45) is 10.9 Å². The molecular formula is C22H23N5O5S. The van der Waals surface area contributed by atoms with Crippen LogP contribution in [0.4, 0.5) is 11.4 Å². The highest BCUT2D eigenvalue weighted by atomic mass is 32.2. The van der Waals surface area contributed by atoms with Crippen molar-refractivity contribution in [3.63, 3.8) is 0 Å². The van der Waals surface area contributed by atoms with Crippen LogP contribution < -0.4 is 35.3 Å². The number of ether oxygens (including phenoxy) is 3. The third-order valence-electron chi connectivity index (χ3n) is 5.33. The molecule has 2 aromatic rings. The van der Waals surface area contributed by atoms with Gasteiger partial charge in [0.05, 0.1) is 24.0 Å². The molecule has 5 rings (SSSR count). The largest absolute Gasteiger partial charge is 0.494 e. The molecule has 0 aromatic heterocycles. The van der Waals surface area contributed by atoms with Crippen molar-refractivity contribution in [2.45, 2.75) is 13.1 Å². The quantitative estimate of drug-likeness (QED) is 0.588. The van der Waals surface area contributed by atoms with Crippen LogP contribution in [0.25, 0.3) is 0 Å². The molecule has 0 radical (unpaired) electrons. The Morgan fingerprint density at radius 2 is 2.06 bits per heavy atom. The van der Waals surface area contributed by atoms with Gasteiger partial charge in [-0.3, -0.25) is 19.9 Å². The van der Waals surface area contributed by atoms with E-state index in [1.807, 2.05) is 31.2 Å². The maximum atomic E-state index is 13.3. The number of rotatable bonds is 6. The summed E-state index contributed by atoms with van der Waals surface area (Å²) in [5, 5.41) is 3.31. The molecule has 10 nitrogen and oxygen atoms in total. The van der Waals surface area contributed by atoms with Gasteiger partial charge in [-0.2, -0.15) is 0 Å². The Morgan fingerprint density at radius 1 is 1.24 bits per heavy atom. The molecule has 2 aromatic carbocycles. The minimum atomic E-state index is -0.365. The van der Waals surface area contributed by atoms with Crippen LogP contribution in [0.15, 0.2) is 47.5 Å². The fraction of sp³-hybridized carbons (Fsp3) is 0.318. The van der Waals surface area contributed by atoms with Crippen LogP contribution in [-0.4, -0.2) is 48.8 Å². The van der Waals surface area contributed by atoms with Gasteiger partial charge in [0, 0.05) is 18.3 Å². The topological polar surface area (TPSA) is 114 Å². The van der Waals surface area contributed by atoms with Gasteiger partial charge in [-0.25, -0.2) is 10.4 Å². The van der Waals surface area contributed by atoms with E-state index in [1.165, 1.54) is 11.8 Å². The lowest BCUT2D eigenvalue weighted by Crippen LogP contribution is -2.49. The van der Waals surface area contributed by atoms with Gasteiger partial charge < -0.3 is 19.5 Å². The monoisotopic (exact) mass is 469 g/mol. The Kier molecular flexibility index (Phi) is 6.07. The molecule has 33 heavy (non-hydrogen) atoms. The van der Waals surface area contributed by atoms with E-state index < -0.39 is 0 Å². The Bertz CT molecular complexity index is 1090. The number of nitrogens with one attached hydrogen (secondary N) is 3. The second kappa shape index (κ2) is 9.30. The Morgan fingerprint density at radius 3 is 2.88 bits per heavy atom. The molecule has 1 saturated heterocycles. The van der Waals surface area contributed by atoms with Crippen molar-refractivity contribution in [1.29, 1.82) is 0 Å². The highest BCUT2D eigenvalue weighted by Gasteiger charge is 2.42. The van der Waals surface area contributed by atoms with Crippen LogP contribution in [0, 0.1) is 5.92 Å². The maximum Gasteiger partial charge on any atom is 0.241 e. The number of amidine groups is 1. The lowest BCUT2D eigenvalue weighted by atomic mass is 10.0. The molecule has 1 fully saturated rings. The number of aliphatic imine (C=N–C) groups is 1. The van der Waals surface area contributed by atoms with Crippen LogP contribution in [-0.2, 0) is 9.59 Å². The average molecular weight is 470 g/mol. The van der Waals surface area contributed by atoms with Gasteiger partial charge in [0.15, 0.2) is 16.7 Å².